The van der Waals surface area contributed by atoms with Gasteiger partial charge in [0.05, 0.1) is 45.2 Å². The predicted molar refractivity (Wildman–Crippen MR) is 162 cm³/mol. The Bertz CT molecular complexity index is 1200. The van der Waals surface area contributed by atoms with Crippen LogP contribution in [0.3, 0.4) is 0 Å². The second kappa shape index (κ2) is 17.0. The van der Waals surface area contributed by atoms with Crippen molar-refractivity contribution in [2.24, 2.45) is 11.8 Å². The van der Waals surface area contributed by atoms with Crippen LogP contribution in [0.15, 0.2) is 30.6 Å². The first-order valence-corrected chi connectivity index (χ1v) is 15.5. The molecule has 0 bridgehead atoms. The van der Waals surface area contributed by atoms with E-state index in [1.807, 2.05) is 0 Å². The van der Waals surface area contributed by atoms with Crippen LogP contribution in [-0.4, -0.2) is 130 Å². The van der Waals surface area contributed by atoms with E-state index in [4.69, 9.17) is 14.6 Å². The minimum Gasteiger partial charge on any atom is -0.494 e. The summed E-state index contributed by atoms with van der Waals surface area (Å²) < 4.78 is 25.7. The van der Waals surface area contributed by atoms with Crippen molar-refractivity contribution in [1.82, 2.24) is 20.2 Å². The van der Waals surface area contributed by atoms with E-state index < -0.39 is 36.8 Å². The van der Waals surface area contributed by atoms with E-state index in [-0.39, 0.29) is 24.8 Å². The second-order valence-corrected chi connectivity index (χ2v) is 11.9. The topological polar surface area (TPSA) is 181 Å². The number of aliphatic hydroxyl groups excluding tert-OH is 5. The molecule has 0 unspecified atom stereocenters. The highest BCUT2D eigenvalue weighted by atomic mass is 19.1. The fraction of sp³-hybridized carbons (Fsp3) is 0.645. The van der Waals surface area contributed by atoms with Crippen molar-refractivity contribution in [1.29, 1.82) is 0 Å². The minimum atomic E-state index is -1.67. The van der Waals surface area contributed by atoms with E-state index in [1.54, 1.807) is 36.5 Å². The SMILES string of the molecule is COc1cnc(N2CCC(CCCOc3ccc(CC(=O)N4CC(CNC[C@H](O)[C@@H](O)[C@H](O)[C@H](O)CO)C4)c(F)c3)CC2)nc1. The Morgan fingerprint density at radius 2 is 1.73 bits per heavy atom. The fourth-order valence-corrected chi connectivity index (χ4v) is 5.62. The lowest BCUT2D eigenvalue weighted by molar-refractivity contribution is -0.136. The van der Waals surface area contributed by atoms with Crippen molar-refractivity contribution in [2.45, 2.75) is 56.5 Å². The Morgan fingerprint density at radius 1 is 1.04 bits per heavy atom. The lowest BCUT2D eigenvalue weighted by Crippen LogP contribution is -2.55. The third-order valence-corrected chi connectivity index (χ3v) is 8.56. The van der Waals surface area contributed by atoms with Gasteiger partial charge >= 0.3 is 0 Å². The zero-order valence-electron chi connectivity index (χ0n) is 25.7. The number of methoxy groups -OCH3 is 1. The van der Waals surface area contributed by atoms with Crippen LogP contribution < -0.4 is 19.7 Å². The molecule has 2 saturated heterocycles. The maximum Gasteiger partial charge on any atom is 0.227 e. The number of hydrogen-bond donors (Lipinski definition) is 6. The number of benzene rings is 1. The Labute approximate surface area is 262 Å². The zero-order chi connectivity index (χ0) is 32.3. The summed E-state index contributed by atoms with van der Waals surface area (Å²) in [7, 11) is 1.59. The van der Waals surface area contributed by atoms with Gasteiger partial charge in [-0.25, -0.2) is 14.4 Å². The number of hydrogen-bond acceptors (Lipinski definition) is 12. The average molecular weight is 636 g/mol. The van der Waals surface area contributed by atoms with Gasteiger partial charge in [-0.1, -0.05) is 6.07 Å². The summed E-state index contributed by atoms with van der Waals surface area (Å²) >= 11 is 0. The largest absolute Gasteiger partial charge is 0.494 e. The van der Waals surface area contributed by atoms with Crippen LogP contribution >= 0.6 is 0 Å². The summed E-state index contributed by atoms with van der Waals surface area (Å²) in [5, 5.41) is 50.7. The average Bonchev–Trinajstić information content (AvgIpc) is 3.04. The molecule has 2 fully saturated rings. The number of carbonyl (C=O) groups is 1. The van der Waals surface area contributed by atoms with Crippen LogP contribution in [0.4, 0.5) is 10.3 Å². The molecule has 0 radical (unpaired) electrons. The van der Waals surface area contributed by atoms with Gasteiger partial charge in [-0.05, 0) is 43.2 Å². The molecule has 0 saturated carbocycles. The van der Waals surface area contributed by atoms with Crippen molar-refractivity contribution in [3.8, 4) is 11.5 Å². The van der Waals surface area contributed by atoms with Crippen LogP contribution in [0.2, 0.25) is 0 Å². The van der Waals surface area contributed by atoms with Crippen LogP contribution in [0.1, 0.15) is 31.2 Å². The molecule has 14 heteroatoms. The summed E-state index contributed by atoms with van der Waals surface area (Å²) in [6.45, 7) is 2.93. The van der Waals surface area contributed by atoms with Gasteiger partial charge in [-0.3, -0.25) is 4.79 Å². The fourth-order valence-electron chi connectivity index (χ4n) is 5.62. The van der Waals surface area contributed by atoms with Gasteiger partial charge in [-0.15, -0.1) is 0 Å². The number of piperidine rings is 1. The standard InChI is InChI=1S/C31H46FN5O8/c1-44-24-14-34-31(35-15-24)36-8-6-20(7-9-36)3-2-10-45-23-5-4-22(25(32)12-23)11-28(41)37-17-21(18-37)13-33-16-26(39)29(42)30(43)27(40)19-38/h4-5,12,14-15,20-21,26-27,29-30,33,38-40,42-43H,2-3,6-11,13,16-19H2,1H3/t26-,27+,29+,30+/m0/s1. The number of aliphatic hydroxyl groups is 5. The Hall–Kier alpha value is -3.14. The lowest BCUT2D eigenvalue weighted by atomic mass is 9.92. The molecule has 1 amide bonds. The highest BCUT2D eigenvalue weighted by Crippen LogP contribution is 2.25. The van der Waals surface area contributed by atoms with E-state index in [0.29, 0.717) is 49.2 Å². The first-order chi connectivity index (χ1) is 21.7. The van der Waals surface area contributed by atoms with Crippen molar-refractivity contribution < 1.29 is 44.2 Å². The molecule has 2 aliphatic heterocycles. The zero-order valence-corrected chi connectivity index (χ0v) is 25.7. The molecule has 1 aromatic carbocycles. The summed E-state index contributed by atoms with van der Waals surface area (Å²) in [6, 6.07) is 4.61. The molecule has 0 aliphatic carbocycles. The van der Waals surface area contributed by atoms with Crippen LogP contribution in [0.5, 0.6) is 11.5 Å². The number of rotatable bonds is 17. The highest BCUT2D eigenvalue weighted by molar-refractivity contribution is 5.79. The molecule has 6 N–H and O–H groups in total. The van der Waals surface area contributed by atoms with Gasteiger partial charge in [-0.2, -0.15) is 0 Å². The number of nitrogens with one attached hydrogen (secondary N) is 1. The second-order valence-electron chi connectivity index (χ2n) is 11.9. The molecule has 4 atom stereocenters. The maximum absolute atomic E-state index is 14.8. The molecule has 250 valence electrons. The molecule has 3 heterocycles. The van der Waals surface area contributed by atoms with E-state index in [9.17, 15) is 29.6 Å². The van der Waals surface area contributed by atoms with Gasteiger partial charge in [0.1, 0.15) is 29.9 Å². The van der Waals surface area contributed by atoms with Gasteiger partial charge in [0.2, 0.25) is 11.9 Å². The third kappa shape index (κ3) is 9.92. The number of nitrogens with zero attached hydrogens (tertiary/aromatic N) is 4. The quantitative estimate of drug-likeness (QED) is 0.125. The lowest BCUT2D eigenvalue weighted by Gasteiger charge is -2.39. The Morgan fingerprint density at radius 3 is 2.38 bits per heavy atom. The number of halogens is 1. The molecule has 2 aliphatic rings. The van der Waals surface area contributed by atoms with Crippen LogP contribution in [-0.2, 0) is 11.2 Å². The van der Waals surface area contributed by atoms with Crippen LogP contribution in [0, 0.1) is 17.7 Å². The molecule has 2 aromatic rings. The molecular weight excluding hydrogens is 589 g/mol. The van der Waals surface area contributed by atoms with Gasteiger partial charge in [0.15, 0.2) is 5.75 Å². The van der Waals surface area contributed by atoms with Crippen LogP contribution in [0.25, 0.3) is 0 Å². The number of ether oxygens (including phenoxy) is 2. The van der Waals surface area contributed by atoms with E-state index >= 15 is 0 Å². The van der Waals surface area contributed by atoms with Crippen molar-refractivity contribution in [3.63, 3.8) is 0 Å². The number of aromatic nitrogens is 2. The van der Waals surface area contributed by atoms with Gasteiger partial charge in [0, 0.05) is 51.3 Å². The monoisotopic (exact) mass is 635 g/mol. The molecule has 13 nitrogen and oxygen atoms in total. The van der Waals surface area contributed by atoms with E-state index in [1.165, 1.54) is 6.07 Å². The van der Waals surface area contributed by atoms with Crippen molar-refractivity contribution >= 4 is 11.9 Å². The summed E-state index contributed by atoms with van der Waals surface area (Å²) in [4.78, 5) is 25.2. The molecular formula is C31H46FN5O8. The predicted octanol–water partition coefficient (Wildman–Crippen LogP) is -0.274. The smallest absolute Gasteiger partial charge is 0.227 e. The first kappa shape index (κ1) is 34.7. The highest BCUT2D eigenvalue weighted by Gasteiger charge is 2.32. The summed E-state index contributed by atoms with van der Waals surface area (Å²) in [6.07, 6.45) is 1.10. The number of carbonyl (C=O) groups excluding carboxylic acids is 1. The Balaban J connectivity index is 1.08. The molecule has 0 spiro atoms. The van der Waals surface area contributed by atoms with Crippen molar-refractivity contribution in [3.05, 3.63) is 42.0 Å². The van der Waals surface area contributed by atoms with Gasteiger partial charge < -0.3 is 50.1 Å². The number of likely N-dealkylation sites (tertiary alicyclic amines) is 1. The normalized spacial score (nSPS) is 18.6. The first-order valence-electron chi connectivity index (χ1n) is 15.5. The molecule has 45 heavy (non-hydrogen) atoms. The molecule has 4 rings (SSSR count). The van der Waals surface area contributed by atoms with Gasteiger partial charge in [0.25, 0.3) is 0 Å². The van der Waals surface area contributed by atoms with E-state index in [0.717, 1.165) is 44.7 Å². The maximum atomic E-state index is 14.8. The van der Waals surface area contributed by atoms with Crippen molar-refractivity contribution in [2.75, 3.05) is 64.5 Å². The number of amides is 1. The molecule has 1 aromatic heterocycles. The summed E-state index contributed by atoms with van der Waals surface area (Å²) in [5.41, 5.74) is 0.308. The summed E-state index contributed by atoms with van der Waals surface area (Å²) in [5.74, 6) is 1.86. The minimum absolute atomic E-state index is 0.0407. The number of anilines is 1. The van der Waals surface area contributed by atoms with E-state index in [2.05, 4.69) is 20.2 Å². The Kier molecular flexibility index (Phi) is 13.1. The third-order valence-electron chi connectivity index (χ3n) is 8.56.